The van der Waals surface area contributed by atoms with Crippen LogP contribution in [0, 0.1) is 17.7 Å². The molecule has 3 aromatic rings. The average molecular weight is 658 g/mol. The number of carboxylic acids is 1. The monoisotopic (exact) mass is 657 g/mol. The van der Waals surface area contributed by atoms with Gasteiger partial charge in [-0.05, 0) is 113 Å². The predicted octanol–water partition coefficient (Wildman–Crippen LogP) is 6.55. The van der Waals surface area contributed by atoms with E-state index in [1.54, 1.807) is 6.07 Å². The average Bonchev–Trinajstić information content (AvgIpc) is 3.61. The summed E-state index contributed by atoms with van der Waals surface area (Å²) in [4.78, 5) is 24.6. The fourth-order valence-electron chi connectivity index (χ4n) is 9.27. The van der Waals surface area contributed by atoms with Crippen molar-refractivity contribution in [2.24, 2.45) is 18.9 Å². The minimum absolute atomic E-state index is 0.0189. The second kappa shape index (κ2) is 14.6. The number of nitrogens with one attached hydrogen (secondary N) is 2. The maximum absolute atomic E-state index is 14.3. The molecule has 0 spiro atoms. The van der Waals surface area contributed by atoms with Crippen LogP contribution >= 0.6 is 0 Å². The molecule has 2 saturated heterocycles. The Morgan fingerprint density at radius 1 is 1.04 bits per heavy atom. The lowest BCUT2D eigenvalue weighted by Crippen LogP contribution is -2.43. The Hall–Kier alpha value is -3.37. The Bertz CT molecular complexity index is 1550. The molecule has 5 atom stereocenters. The molecule has 9 nitrogen and oxygen atoms in total. The van der Waals surface area contributed by atoms with Crippen LogP contribution in [-0.2, 0) is 31.2 Å². The summed E-state index contributed by atoms with van der Waals surface area (Å²) in [5, 5.41) is 22.1. The van der Waals surface area contributed by atoms with Crippen molar-refractivity contribution in [2.75, 3.05) is 11.9 Å². The van der Waals surface area contributed by atoms with Crippen LogP contribution in [0.5, 0.6) is 0 Å². The van der Waals surface area contributed by atoms with E-state index in [2.05, 4.69) is 28.5 Å². The number of anilines is 1. The number of aromatic nitrogens is 4. The normalized spacial score (nSPS) is 26.9. The summed E-state index contributed by atoms with van der Waals surface area (Å²) in [6.07, 6.45) is 15.3. The summed E-state index contributed by atoms with van der Waals surface area (Å²) in [6, 6.07) is 10.7. The van der Waals surface area contributed by atoms with Crippen molar-refractivity contribution >= 4 is 11.8 Å². The van der Waals surface area contributed by atoms with E-state index in [4.69, 9.17) is 15.1 Å². The number of halogens is 1. The van der Waals surface area contributed by atoms with Crippen molar-refractivity contribution in [2.45, 2.75) is 127 Å². The fourth-order valence-corrected chi connectivity index (χ4v) is 9.27. The topological polar surface area (TPSA) is 108 Å². The highest BCUT2D eigenvalue weighted by molar-refractivity contribution is 5.70. The molecule has 258 valence electrons. The molecule has 3 fully saturated rings. The maximum Gasteiger partial charge on any atom is 0.306 e. The molecule has 10 heteroatoms. The number of carboxylic acid groups (broad SMARTS) is 1. The summed E-state index contributed by atoms with van der Waals surface area (Å²) in [5.41, 5.74) is 4.28. The van der Waals surface area contributed by atoms with Gasteiger partial charge in [0.25, 0.3) is 0 Å². The molecule has 0 amide bonds. The van der Waals surface area contributed by atoms with Gasteiger partial charge >= 0.3 is 5.97 Å². The number of nitrogens with zero attached hydrogens (tertiary/aromatic N) is 5. The van der Waals surface area contributed by atoms with Gasteiger partial charge in [0.2, 0.25) is 0 Å². The zero-order chi connectivity index (χ0) is 33.2. The van der Waals surface area contributed by atoms with Crippen LogP contribution in [-0.4, -0.2) is 60.4 Å². The molecule has 2 bridgehead atoms. The third-order valence-electron chi connectivity index (χ3n) is 11.9. The zero-order valence-electron chi connectivity index (χ0n) is 28.6. The molecule has 1 aromatic carbocycles. The lowest BCUT2D eigenvalue weighted by Gasteiger charge is -2.37. The molecule has 7 rings (SSSR count). The molecule has 0 unspecified atom stereocenters. The van der Waals surface area contributed by atoms with Crippen molar-refractivity contribution < 1.29 is 14.3 Å². The Morgan fingerprint density at radius 2 is 1.83 bits per heavy atom. The van der Waals surface area contributed by atoms with E-state index in [0.29, 0.717) is 30.6 Å². The van der Waals surface area contributed by atoms with Gasteiger partial charge in [0, 0.05) is 49.2 Å². The molecule has 1 saturated carbocycles. The minimum atomic E-state index is -0.659. The fraction of sp³-hybridized carbons (Fsp3) is 0.632. The first-order chi connectivity index (χ1) is 23.3. The second-order valence-electron chi connectivity index (χ2n) is 14.9. The molecule has 2 aromatic heterocycles. The highest BCUT2D eigenvalue weighted by Gasteiger charge is 2.38. The third-order valence-corrected chi connectivity index (χ3v) is 11.9. The van der Waals surface area contributed by atoms with E-state index in [0.717, 1.165) is 92.1 Å². The Morgan fingerprint density at radius 3 is 2.52 bits per heavy atom. The van der Waals surface area contributed by atoms with Crippen LogP contribution in [0.25, 0.3) is 0 Å². The first-order valence-corrected chi connectivity index (χ1v) is 18.5. The van der Waals surface area contributed by atoms with Crippen molar-refractivity contribution in [1.29, 1.82) is 0 Å². The van der Waals surface area contributed by atoms with Crippen LogP contribution in [0.1, 0.15) is 118 Å². The number of fused-ring (bicyclic) bond motifs is 3. The van der Waals surface area contributed by atoms with Gasteiger partial charge < -0.3 is 15.7 Å². The van der Waals surface area contributed by atoms with Gasteiger partial charge in [0.15, 0.2) is 0 Å². The van der Waals surface area contributed by atoms with E-state index >= 15 is 0 Å². The molecule has 4 heterocycles. The standard InChI is InChI=1S/C38H52FN7O2/c1-3-32(24-10-12-25(13-11-24)38(47)48)40-22-36-41-33-17-14-27(26-6-4-7-28(39)20-26)21-31(33)37(43-36)42-35(34-18-19-45(2)44-34)23-46-29-8-5-9-30(46)16-15-29/h4,6-7,18-20,24-25,27,29-30,32,35,40H,3,5,8-17,21-23H2,1-2H3,(H,47,48)(H,41,42,43)/t24?,25?,27-,29+,30+,32-,35+/m1/s1. The Labute approximate surface area is 284 Å². The van der Waals surface area contributed by atoms with Crippen molar-refractivity contribution in [3.8, 4) is 0 Å². The predicted molar refractivity (Wildman–Crippen MR) is 184 cm³/mol. The van der Waals surface area contributed by atoms with Gasteiger partial charge in [-0.25, -0.2) is 14.4 Å². The van der Waals surface area contributed by atoms with Crippen molar-refractivity contribution in [3.05, 3.63) is 70.7 Å². The van der Waals surface area contributed by atoms with Crippen molar-refractivity contribution in [3.63, 3.8) is 0 Å². The van der Waals surface area contributed by atoms with E-state index in [1.807, 2.05) is 30.1 Å². The van der Waals surface area contributed by atoms with Crippen molar-refractivity contribution in [1.82, 2.24) is 30.0 Å². The number of aryl methyl sites for hydroxylation is 2. The molecular formula is C38H52FN7O2. The van der Waals surface area contributed by atoms with Crippen LogP contribution < -0.4 is 10.6 Å². The molecular weight excluding hydrogens is 605 g/mol. The van der Waals surface area contributed by atoms with Gasteiger partial charge in [-0.3, -0.25) is 14.4 Å². The number of rotatable bonds is 12. The van der Waals surface area contributed by atoms with Gasteiger partial charge in [-0.1, -0.05) is 25.5 Å². The number of aliphatic carboxylic acids is 1. The number of carbonyl (C=O) groups is 1. The lowest BCUT2D eigenvalue weighted by atomic mass is 9.78. The Balaban J connectivity index is 1.16. The SMILES string of the molecule is CC[C@@H](NCc1nc2c(c(N[C@@H](CN3[C@H]4CCC[C@H]3CC4)c3ccn(C)n3)n1)C[C@H](c1cccc(F)c1)CC2)C1CCC(C(=O)O)CC1. The number of hydrogen-bond donors (Lipinski definition) is 3. The van der Waals surface area contributed by atoms with Crippen LogP contribution in [0.2, 0.25) is 0 Å². The minimum Gasteiger partial charge on any atom is -0.481 e. The smallest absolute Gasteiger partial charge is 0.306 e. The summed E-state index contributed by atoms with van der Waals surface area (Å²) in [5.74, 6) is 1.28. The lowest BCUT2D eigenvalue weighted by molar-refractivity contribution is -0.143. The second-order valence-corrected chi connectivity index (χ2v) is 14.9. The summed E-state index contributed by atoms with van der Waals surface area (Å²) >= 11 is 0. The van der Waals surface area contributed by atoms with Crippen LogP contribution in [0.4, 0.5) is 10.2 Å². The molecule has 2 aliphatic heterocycles. The quantitative estimate of drug-likeness (QED) is 0.201. The number of piperidine rings is 1. The molecule has 48 heavy (non-hydrogen) atoms. The first-order valence-electron chi connectivity index (χ1n) is 18.5. The number of benzene rings is 1. The summed E-state index contributed by atoms with van der Waals surface area (Å²) in [7, 11) is 1.98. The van der Waals surface area contributed by atoms with E-state index in [1.165, 1.54) is 38.2 Å². The molecule has 4 aliphatic rings. The Kier molecular flexibility index (Phi) is 10.1. The molecule has 2 aliphatic carbocycles. The first kappa shape index (κ1) is 33.1. The van der Waals surface area contributed by atoms with E-state index in [-0.39, 0.29) is 23.7 Å². The summed E-state index contributed by atoms with van der Waals surface area (Å²) < 4.78 is 16.2. The highest BCUT2D eigenvalue weighted by Crippen LogP contribution is 2.39. The van der Waals surface area contributed by atoms with E-state index in [9.17, 15) is 14.3 Å². The number of hydrogen-bond acceptors (Lipinski definition) is 7. The van der Waals surface area contributed by atoms with Gasteiger partial charge in [-0.15, -0.1) is 0 Å². The largest absolute Gasteiger partial charge is 0.481 e. The van der Waals surface area contributed by atoms with Gasteiger partial charge in [-0.2, -0.15) is 5.10 Å². The maximum atomic E-state index is 14.3. The molecule has 0 radical (unpaired) electrons. The third kappa shape index (κ3) is 7.30. The zero-order valence-corrected chi connectivity index (χ0v) is 28.6. The van der Waals surface area contributed by atoms with Gasteiger partial charge in [0.1, 0.15) is 17.5 Å². The summed E-state index contributed by atoms with van der Waals surface area (Å²) in [6.45, 7) is 3.67. The van der Waals surface area contributed by atoms with Crippen LogP contribution in [0.3, 0.4) is 0 Å². The van der Waals surface area contributed by atoms with Crippen LogP contribution in [0.15, 0.2) is 36.5 Å². The molecule has 3 N–H and O–H groups in total. The van der Waals surface area contributed by atoms with E-state index < -0.39 is 5.97 Å². The van der Waals surface area contributed by atoms with Gasteiger partial charge in [0.05, 0.1) is 24.2 Å². The highest BCUT2D eigenvalue weighted by atomic mass is 19.1.